The van der Waals surface area contributed by atoms with Crippen LogP contribution in [0.2, 0.25) is 0 Å². The molecular weight excluding hydrogens is 255 g/mol. The topological polar surface area (TPSA) is 72.3 Å². The zero-order valence-corrected chi connectivity index (χ0v) is 11.4. The van der Waals surface area contributed by atoms with E-state index in [9.17, 15) is 9.50 Å². The molecule has 3 nitrogen and oxygen atoms in total. The Morgan fingerprint density at radius 3 is 2.55 bits per heavy atom. The van der Waals surface area contributed by atoms with Gasteiger partial charge < -0.3 is 16.6 Å². The number of phenolic OH excluding ortho intramolecular Hbond substituents is 1. The van der Waals surface area contributed by atoms with Crippen molar-refractivity contribution in [2.24, 2.45) is 11.5 Å². The Labute approximate surface area is 118 Å². The lowest BCUT2D eigenvalue weighted by Crippen LogP contribution is -2.20. The second-order valence-corrected chi connectivity index (χ2v) is 5.07. The minimum Gasteiger partial charge on any atom is -0.508 e. The standard InChI is InChI=1S/C16H19FN2O/c1-10-5-6-16(20)13(7-10)15(19)9-14(18)11-3-2-4-12(17)8-11/h2-8,14-15,20H,9,18-19H2,1H3. The van der Waals surface area contributed by atoms with Crippen LogP contribution in [0.4, 0.5) is 4.39 Å². The summed E-state index contributed by atoms with van der Waals surface area (Å²) in [7, 11) is 0. The smallest absolute Gasteiger partial charge is 0.123 e. The first-order valence-corrected chi connectivity index (χ1v) is 6.53. The summed E-state index contributed by atoms with van der Waals surface area (Å²) in [5.74, 6) is -0.153. The Morgan fingerprint density at radius 2 is 1.85 bits per heavy atom. The highest BCUT2D eigenvalue weighted by molar-refractivity contribution is 5.38. The third-order valence-electron chi connectivity index (χ3n) is 3.37. The van der Waals surface area contributed by atoms with E-state index in [-0.39, 0.29) is 17.6 Å². The van der Waals surface area contributed by atoms with Gasteiger partial charge in [0, 0.05) is 17.6 Å². The second kappa shape index (κ2) is 6.03. The molecule has 0 amide bonds. The van der Waals surface area contributed by atoms with E-state index in [0.29, 0.717) is 17.5 Å². The maximum Gasteiger partial charge on any atom is 0.123 e. The van der Waals surface area contributed by atoms with Crippen molar-refractivity contribution in [1.29, 1.82) is 0 Å². The lowest BCUT2D eigenvalue weighted by molar-refractivity contribution is 0.452. The van der Waals surface area contributed by atoms with Crippen LogP contribution < -0.4 is 11.5 Å². The van der Waals surface area contributed by atoms with Crippen LogP contribution in [0.15, 0.2) is 42.5 Å². The largest absolute Gasteiger partial charge is 0.508 e. The Morgan fingerprint density at radius 1 is 1.10 bits per heavy atom. The SMILES string of the molecule is Cc1ccc(O)c(C(N)CC(N)c2cccc(F)c2)c1. The van der Waals surface area contributed by atoms with Crippen LogP contribution in [0.1, 0.15) is 35.2 Å². The van der Waals surface area contributed by atoms with Gasteiger partial charge in [0.25, 0.3) is 0 Å². The van der Waals surface area contributed by atoms with Crippen LogP contribution >= 0.6 is 0 Å². The molecule has 0 aliphatic heterocycles. The summed E-state index contributed by atoms with van der Waals surface area (Å²) in [5, 5.41) is 9.85. The molecule has 0 fully saturated rings. The average Bonchev–Trinajstić information content (AvgIpc) is 2.41. The first kappa shape index (κ1) is 14.5. The van der Waals surface area contributed by atoms with E-state index in [1.54, 1.807) is 18.2 Å². The molecule has 20 heavy (non-hydrogen) atoms. The van der Waals surface area contributed by atoms with Crippen LogP contribution in [0.3, 0.4) is 0 Å². The van der Waals surface area contributed by atoms with Gasteiger partial charge in [-0.3, -0.25) is 0 Å². The van der Waals surface area contributed by atoms with Gasteiger partial charge in [-0.05, 0) is 37.1 Å². The predicted molar refractivity (Wildman–Crippen MR) is 77.7 cm³/mol. The summed E-state index contributed by atoms with van der Waals surface area (Å²) in [4.78, 5) is 0. The molecule has 0 radical (unpaired) electrons. The van der Waals surface area contributed by atoms with Gasteiger partial charge in [0.1, 0.15) is 11.6 Å². The maximum absolute atomic E-state index is 13.2. The molecule has 4 heteroatoms. The molecule has 2 aromatic carbocycles. The van der Waals surface area contributed by atoms with Gasteiger partial charge in [-0.2, -0.15) is 0 Å². The molecule has 2 aromatic rings. The van der Waals surface area contributed by atoms with Crippen molar-refractivity contribution in [3.63, 3.8) is 0 Å². The van der Waals surface area contributed by atoms with E-state index in [2.05, 4.69) is 0 Å². The van der Waals surface area contributed by atoms with E-state index in [4.69, 9.17) is 11.5 Å². The number of hydrogen-bond acceptors (Lipinski definition) is 3. The van der Waals surface area contributed by atoms with Gasteiger partial charge in [-0.15, -0.1) is 0 Å². The highest BCUT2D eigenvalue weighted by Crippen LogP contribution is 2.29. The van der Waals surface area contributed by atoms with Crippen LogP contribution in [-0.4, -0.2) is 5.11 Å². The molecule has 0 heterocycles. The molecule has 0 saturated carbocycles. The molecule has 0 aromatic heterocycles. The van der Waals surface area contributed by atoms with E-state index in [1.807, 2.05) is 19.1 Å². The summed E-state index contributed by atoms with van der Waals surface area (Å²) in [5.41, 5.74) is 14.6. The van der Waals surface area contributed by atoms with Crippen molar-refractivity contribution < 1.29 is 9.50 Å². The highest BCUT2D eigenvalue weighted by atomic mass is 19.1. The molecule has 0 bridgehead atoms. The quantitative estimate of drug-likeness (QED) is 0.802. The summed E-state index contributed by atoms with van der Waals surface area (Å²) >= 11 is 0. The number of nitrogens with two attached hydrogens (primary N) is 2. The lowest BCUT2D eigenvalue weighted by atomic mass is 9.94. The molecule has 106 valence electrons. The number of rotatable bonds is 4. The fraction of sp³-hybridized carbons (Fsp3) is 0.250. The van der Waals surface area contributed by atoms with E-state index >= 15 is 0 Å². The highest BCUT2D eigenvalue weighted by Gasteiger charge is 2.16. The van der Waals surface area contributed by atoms with Crippen molar-refractivity contribution in [2.45, 2.75) is 25.4 Å². The lowest BCUT2D eigenvalue weighted by Gasteiger charge is -2.19. The van der Waals surface area contributed by atoms with Crippen molar-refractivity contribution in [3.8, 4) is 5.75 Å². The van der Waals surface area contributed by atoms with Crippen LogP contribution in [0.25, 0.3) is 0 Å². The summed E-state index contributed by atoms with van der Waals surface area (Å²) in [6.07, 6.45) is 0.431. The van der Waals surface area contributed by atoms with E-state index in [0.717, 1.165) is 5.56 Å². The first-order valence-electron chi connectivity index (χ1n) is 6.53. The molecule has 0 spiro atoms. The third kappa shape index (κ3) is 3.35. The van der Waals surface area contributed by atoms with Gasteiger partial charge in [-0.25, -0.2) is 4.39 Å². The Kier molecular flexibility index (Phi) is 4.37. The van der Waals surface area contributed by atoms with Crippen LogP contribution in [-0.2, 0) is 0 Å². The Balaban J connectivity index is 2.15. The van der Waals surface area contributed by atoms with Crippen molar-refractivity contribution in [1.82, 2.24) is 0 Å². The number of hydrogen-bond donors (Lipinski definition) is 3. The molecule has 2 atom stereocenters. The normalized spacial score (nSPS) is 14.0. The minimum atomic E-state index is -0.395. The van der Waals surface area contributed by atoms with Crippen LogP contribution in [0.5, 0.6) is 5.75 Å². The number of phenols is 1. The molecule has 2 rings (SSSR count). The Bertz CT molecular complexity index is 601. The Hall–Kier alpha value is -1.91. The number of halogens is 1. The van der Waals surface area contributed by atoms with Gasteiger partial charge in [-0.1, -0.05) is 29.8 Å². The van der Waals surface area contributed by atoms with Crippen molar-refractivity contribution in [2.75, 3.05) is 0 Å². The van der Waals surface area contributed by atoms with Gasteiger partial charge in [0.2, 0.25) is 0 Å². The van der Waals surface area contributed by atoms with E-state index in [1.165, 1.54) is 12.1 Å². The summed E-state index contributed by atoms with van der Waals surface area (Å²) < 4.78 is 13.2. The maximum atomic E-state index is 13.2. The fourth-order valence-corrected chi connectivity index (χ4v) is 2.24. The molecular formula is C16H19FN2O. The fourth-order valence-electron chi connectivity index (χ4n) is 2.24. The van der Waals surface area contributed by atoms with Gasteiger partial charge in [0.05, 0.1) is 0 Å². The zero-order chi connectivity index (χ0) is 14.7. The number of aryl methyl sites for hydroxylation is 1. The van der Waals surface area contributed by atoms with Crippen molar-refractivity contribution in [3.05, 3.63) is 65.0 Å². The average molecular weight is 274 g/mol. The molecule has 0 aliphatic carbocycles. The van der Waals surface area contributed by atoms with Gasteiger partial charge in [0.15, 0.2) is 0 Å². The zero-order valence-electron chi connectivity index (χ0n) is 11.4. The molecule has 0 saturated heterocycles. The monoisotopic (exact) mass is 274 g/mol. The first-order chi connectivity index (χ1) is 9.47. The second-order valence-electron chi connectivity index (χ2n) is 5.07. The molecule has 5 N–H and O–H groups in total. The molecule has 2 unspecified atom stereocenters. The van der Waals surface area contributed by atoms with E-state index < -0.39 is 6.04 Å². The molecule has 0 aliphatic rings. The predicted octanol–water partition coefficient (Wildman–Crippen LogP) is 2.93. The summed E-state index contributed by atoms with van der Waals surface area (Å²) in [6, 6.07) is 10.7. The van der Waals surface area contributed by atoms with Crippen LogP contribution in [0, 0.1) is 12.7 Å². The van der Waals surface area contributed by atoms with Crippen molar-refractivity contribution >= 4 is 0 Å². The van der Waals surface area contributed by atoms with Gasteiger partial charge >= 0.3 is 0 Å². The minimum absolute atomic E-state index is 0.162. The third-order valence-corrected chi connectivity index (χ3v) is 3.37. The number of aromatic hydroxyl groups is 1. The summed E-state index contributed by atoms with van der Waals surface area (Å²) in [6.45, 7) is 1.93. The number of benzene rings is 2.